The van der Waals surface area contributed by atoms with E-state index in [-0.39, 0.29) is 5.57 Å². The van der Waals surface area contributed by atoms with Crippen LogP contribution in [0.4, 0.5) is 5.69 Å². The van der Waals surface area contributed by atoms with Crippen LogP contribution in [0.15, 0.2) is 60.7 Å². The second kappa shape index (κ2) is 10.4. The number of halogens is 1. The predicted molar refractivity (Wildman–Crippen MR) is 115 cm³/mol. The summed E-state index contributed by atoms with van der Waals surface area (Å²) in [4.78, 5) is 12.4. The number of nitrogens with zero attached hydrogens (tertiary/aromatic N) is 1. The van der Waals surface area contributed by atoms with E-state index >= 15 is 0 Å². The third-order valence-electron chi connectivity index (χ3n) is 3.39. The van der Waals surface area contributed by atoms with Gasteiger partial charge in [-0.05, 0) is 65.4 Å². The summed E-state index contributed by atoms with van der Waals surface area (Å²) in [7, 11) is 0. The molecule has 0 aromatic heterocycles. The van der Waals surface area contributed by atoms with Crippen LogP contribution < -0.4 is 14.8 Å². The van der Waals surface area contributed by atoms with E-state index in [9.17, 15) is 10.1 Å². The van der Waals surface area contributed by atoms with Gasteiger partial charge in [0.25, 0.3) is 5.91 Å². The summed E-state index contributed by atoms with van der Waals surface area (Å²) < 4.78 is 11.8. The molecule has 0 saturated heterocycles. The topological polar surface area (TPSA) is 71.3 Å². The van der Waals surface area contributed by atoms with E-state index in [0.29, 0.717) is 24.7 Å². The van der Waals surface area contributed by atoms with E-state index in [1.54, 1.807) is 48.6 Å². The first-order valence-electron chi connectivity index (χ1n) is 8.26. The van der Waals surface area contributed by atoms with Crippen LogP contribution in [-0.4, -0.2) is 19.1 Å². The summed E-state index contributed by atoms with van der Waals surface area (Å²) in [5, 5.41) is 12.1. The number of nitriles is 1. The van der Waals surface area contributed by atoms with Crippen LogP contribution in [0.25, 0.3) is 6.08 Å². The van der Waals surface area contributed by atoms with Crippen LogP contribution in [0.5, 0.6) is 11.5 Å². The molecule has 2 aromatic carbocycles. The van der Waals surface area contributed by atoms with Crippen molar-refractivity contribution in [2.24, 2.45) is 0 Å². The van der Waals surface area contributed by atoms with Gasteiger partial charge in [-0.15, -0.1) is 0 Å². The van der Waals surface area contributed by atoms with Gasteiger partial charge in [-0.3, -0.25) is 4.79 Å². The Morgan fingerprint density at radius 1 is 1.30 bits per heavy atom. The van der Waals surface area contributed by atoms with Crippen molar-refractivity contribution >= 4 is 40.3 Å². The summed E-state index contributed by atoms with van der Waals surface area (Å²) in [6, 6.07) is 14.4. The van der Waals surface area contributed by atoms with Gasteiger partial charge in [0.1, 0.15) is 29.7 Å². The molecule has 1 amide bonds. The number of hydrogen-bond acceptors (Lipinski definition) is 4. The number of amides is 1. The zero-order chi connectivity index (χ0) is 19.6. The second-order valence-electron chi connectivity index (χ2n) is 5.37. The first-order chi connectivity index (χ1) is 13.1. The summed E-state index contributed by atoms with van der Waals surface area (Å²) in [6.07, 6.45) is 3.21. The van der Waals surface area contributed by atoms with Gasteiger partial charge >= 0.3 is 0 Å². The summed E-state index contributed by atoms with van der Waals surface area (Å²) >= 11 is 2.15. The lowest BCUT2D eigenvalue weighted by Gasteiger charge is -2.08. The number of hydrogen-bond donors (Lipinski definition) is 1. The van der Waals surface area contributed by atoms with Crippen molar-refractivity contribution in [2.75, 3.05) is 18.5 Å². The van der Waals surface area contributed by atoms with Crippen LogP contribution in [0.3, 0.4) is 0 Å². The lowest BCUT2D eigenvalue weighted by molar-refractivity contribution is -0.112. The number of carbonyl (C=O) groups is 1. The Morgan fingerprint density at radius 2 is 2.11 bits per heavy atom. The second-order valence-corrected chi connectivity index (χ2v) is 6.54. The number of anilines is 1. The van der Waals surface area contributed by atoms with Crippen LogP contribution in [-0.2, 0) is 4.79 Å². The summed E-state index contributed by atoms with van der Waals surface area (Å²) in [5.74, 6) is 0.902. The molecule has 0 spiro atoms. The summed E-state index contributed by atoms with van der Waals surface area (Å²) in [5.41, 5.74) is 1.31. The van der Waals surface area contributed by atoms with E-state index in [1.165, 1.54) is 0 Å². The first kappa shape index (κ1) is 20.5. The van der Waals surface area contributed by atoms with Crippen molar-refractivity contribution in [3.05, 3.63) is 69.8 Å². The summed E-state index contributed by atoms with van der Waals surface area (Å²) in [6.45, 7) is 6.45. The van der Waals surface area contributed by atoms with Crippen molar-refractivity contribution in [1.29, 1.82) is 5.26 Å². The number of rotatable bonds is 8. The van der Waals surface area contributed by atoms with Crippen molar-refractivity contribution in [3.8, 4) is 17.6 Å². The van der Waals surface area contributed by atoms with Gasteiger partial charge in [0, 0.05) is 11.8 Å². The largest absolute Gasteiger partial charge is 0.494 e. The minimum Gasteiger partial charge on any atom is -0.494 e. The lowest BCUT2D eigenvalue weighted by atomic mass is 10.1. The highest BCUT2D eigenvalue weighted by Crippen LogP contribution is 2.24. The van der Waals surface area contributed by atoms with Crippen LogP contribution in [0.2, 0.25) is 0 Å². The highest BCUT2D eigenvalue weighted by molar-refractivity contribution is 14.1. The Bertz CT molecular complexity index is 901. The van der Waals surface area contributed by atoms with Gasteiger partial charge in [-0.2, -0.15) is 5.26 Å². The average molecular weight is 474 g/mol. The van der Waals surface area contributed by atoms with Gasteiger partial charge in [0.2, 0.25) is 0 Å². The van der Waals surface area contributed by atoms with E-state index in [2.05, 4.69) is 34.5 Å². The molecule has 0 bridgehead atoms. The molecule has 2 aromatic rings. The van der Waals surface area contributed by atoms with E-state index in [4.69, 9.17) is 9.47 Å². The monoisotopic (exact) mass is 474 g/mol. The Kier molecular flexibility index (Phi) is 7.89. The van der Waals surface area contributed by atoms with E-state index in [1.807, 2.05) is 19.1 Å². The predicted octanol–water partition coefficient (Wildman–Crippen LogP) is 4.80. The van der Waals surface area contributed by atoms with Crippen molar-refractivity contribution in [3.63, 3.8) is 0 Å². The Hall–Kier alpha value is -2.79. The molecule has 0 aliphatic carbocycles. The SMILES string of the molecule is C=CCOc1ccc(/C=C(/C#N)C(=O)Nc2cccc(OCC)c2)cc1I. The molecule has 6 heteroatoms. The number of ether oxygens (including phenoxy) is 2. The molecule has 0 radical (unpaired) electrons. The maximum atomic E-state index is 12.4. The van der Waals surface area contributed by atoms with Crippen molar-refractivity contribution in [2.45, 2.75) is 6.92 Å². The number of carbonyl (C=O) groups excluding carboxylic acids is 1. The highest BCUT2D eigenvalue weighted by atomic mass is 127. The molecule has 1 N–H and O–H groups in total. The molecule has 0 aliphatic rings. The van der Waals surface area contributed by atoms with Crippen molar-refractivity contribution in [1.82, 2.24) is 0 Å². The maximum Gasteiger partial charge on any atom is 0.266 e. The van der Waals surface area contributed by atoms with E-state index in [0.717, 1.165) is 14.9 Å². The molecule has 0 fully saturated rings. The fourth-order valence-corrected chi connectivity index (χ4v) is 2.91. The normalized spacial score (nSPS) is 10.6. The standard InChI is InChI=1S/C21H19IN2O3/c1-3-10-27-20-9-8-15(12-19(20)22)11-16(14-23)21(25)24-17-6-5-7-18(13-17)26-4-2/h3,5-9,11-13H,1,4,10H2,2H3,(H,24,25)/b16-11-. The quantitative estimate of drug-likeness (QED) is 0.258. The van der Waals surface area contributed by atoms with Crippen molar-refractivity contribution < 1.29 is 14.3 Å². The third kappa shape index (κ3) is 6.15. The van der Waals surface area contributed by atoms with Gasteiger partial charge < -0.3 is 14.8 Å². The van der Waals surface area contributed by atoms with Gasteiger partial charge in [0.15, 0.2) is 0 Å². The maximum absolute atomic E-state index is 12.4. The van der Waals surface area contributed by atoms with Gasteiger partial charge in [0.05, 0.1) is 10.2 Å². The molecule has 2 rings (SSSR count). The Balaban J connectivity index is 2.16. The third-order valence-corrected chi connectivity index (χ3v) is 4.23. The van der Waals surface area contributed by atoms with Crippen LogP contribution in [0, 0.1) is 14.9 Å². The lowest BCUT2D eigenvalue weighted by Crippen LogP contribution is -2.13. The average Bonchev–Trinajstić information content (AvgIpc) is 2.66. The minimum absolute atomic E-state index is 0.00683. The van der Waals surface area contributed by atoms with Gasteiger partial charge in [-0.1, -0.05) is 24.8 Å². The zero-order valence-corrected chi connectivity index (χ0v) is 17.0. The minimum atomic E-state index is -0.479. The molecule has 138 valence electrons. The molecule has 27 heavy (non-hydrogen) atoms. The first-order valence-corrected chi connectivity index (χ1v) is 9.34. The molecule has 0 heterocycles. The Labute approximate surface area is 172 Å². The van der Waals surface area contributed by atoms with Crippen LogP contribution >= 0.6 is 22.6 Å². The molecule has 0 aliphatic heterocycles. The number of nitrogens with one attached hydrogen (secondary N) is 1. The smallest absolute Gasteiger partial charge is 0.266 e. The molecule has 0 atom stereocenters. The molecular weight excluding hydrogens is 455 g/mol. The fraction of sp³-hybridized carbons (Fsp3) is 0.143. The highest BCUT2D eigenvalue weighted by Gasteiger charge is 2.11. The molecule has 5 nitrogen and oxygen atoms in total. The van der Waals surface area contributed by atoms with Gasteiger partial charge in [-0.25, -0.2) is 0 Å². The fourth-order valence-electron chi connectivity index (χ4n) is 2.22. The number of benzene rings is 2. The molecule has 0 saturated carbocycles. The van der Waals surface area contributed by atoms with Crippen LogP contribution in [0.1, 0.15) is 12.5 Å². The molecule has 0 unspecified atom stereocenters. The van der Waals surface area contributed by atoms with E-state index < -0.39 is 5.91 Å². The zero-order valence-electron chi connectivity index (χ0n) is 14.9. The Morgan fingerprint density at radius 3 is 2.78 bits per heavy atom. The molecular formula is C21H19IN2O3.